The zero-order chi connectivity index (χ0) is 38.6. The molecule has 13 rings (SSSR count). The minimum Gasteiger partial charge on any atom is -0.456 e. The molecule has 0 saturated heterocycles. The molecule has 0 radical (unpaired) electrons. The van der Waals surface area contributed by atoms with Gasteiger partial charge in [0.15, 0.2) is 0 Å². The topological polar surface area (TPSA) is 39.4 Å². The van der Waals surface area contributed by atoms with E-state index in [2.05, 4.69) is 202 Å². The molecule has 0 spiro atoms. The van der Waals surface area contributed by atoms with Crippen molar-refractivity contribution in [2.45, 2.75) is 0 Å². The first kappa shape index (κ1) is 32.1. The van der Waals surface area contributed by atoms with E-state index in [1.54, 1.807) is 0 Å². The van der Waals surface area contributed by atoms with Crippen LogP contribution >= 0.6 is 0 Å². The van der Waals surface area contributed by atoms with Crippen LogP contribution in [0.25, 0.3) is 98.9 Å². The number of furan rings is 2. The Morgan fingerprint density at radius 1 is 0.305 bits per heavy atom. The van der Waals surface area contributed by atoms with Crippen molar-refractivity contribution in [1.82, 2.24) is 9.13 Å². The van der Waals surface area contributed by atoms with Gasteiger partial charge in [0.05, 0.1) is 32.8 Å². The van der Waals surface area contributed by atoms with E-state index < -0.39 is 0 Å². The molecule has 9 aromatic carbocycles. The van der Waals surface area contributed by atoms with Crippen molar-refractivity contribution in [3.05, 3.63) is 200 Å². The van der Waals surface area contributed by atoms with E-state index >= 15 is 0 Å². The van der Waals surface area contributed by atoms with Gasteiger partial charge >= 0.3 is 0 Å². The Balaban J connectivity index is 1.01. The molecular weight excluding hydrogens is 723 g/mol. The Labute approximate surface area is 337 Å². The Morgan fingerprint density at radius 3 is 1.39 bits per heavy atom. The van der Waals surface area contributed by atoms with E-state index in [4.69, 9.17) is 8.83 Å². The normalized spacial score (nSPS) is 12.1. The first-order valence-corrected chi connectivity index (χ1v) is 20.0. The maximum absolute atomic E-state index is 7.21. The molecule has 0 saturated carbocycles. The number of hydrogen-bond donors (Lipinski definition) is 0. The van der Waals surface area contributed by atoms with E-state index in [1.807, 2.05) is 12.1 Å². The molecule has 0 atom stereocenters. The van der Waals surface area contributed by atoms with Crippen LogP contribution in [-0.4, -0.2) is 9.13 Å². The van der Waals surface area contributed by atoms with Crippen molar-refractivity contribution in [2.24, 2.45) is 0 Å². The fraction of sp³-hybridized carbons (Fsp3) is 0. The number of fused-ring (bicyclic) bond motifs is 14. The predicted octanol–water partition coefficient (Wildman–Crippen LogP) is 15.1. The number of aromatic nitrogens is 2. The highest BCUT2D eigenvalue weighted by atomic mass is 16.3. The number of para-hydroxylation sites is 5. The largest absolute Gasteiger partial charge is 0.456 e. The summed E-state index contributed by atoms with van der Waals surface area (Å²) in [4.78, 5) is 2.29. The van der Waals surface area contributed by atoms with Crippen LogP contribution in [0.15, 0.2) is 209 Å². The first-order valence-electron chi connectivity index (χ1n) is 20.0. The van der Waals surface area contributed by atoms with Gasteiger partial charge in [0.25, 0.3) is 0 Å². The number of benzene rings is 9. The van der Waals surface area contributed by atoms with Crippen LogP contribution in [0.5, 0.6) is 0 Å². The predicted molar refractivity (Wildman–Crippen MR) is 244 cm³/mol. The lowest BCUT2D eigenvalue weighted by molar-refractivity contribution is 0.669. The van der Waals surface area contributed by atoms with Gasteiger partial charge in [-0.15, -0.1) is 0 Å². The Morgan fingerprint density at radius 2 is 0.780 bits per heavy atom. The number of hydrogen-bond acceptors (Lipinski definition) is 3. The molecule has 0 unspecified atom stereocenters. The lowest BCUT2D eigenvalue weighted by Gasteiger charge is -2.25. The van der Waals surface area contributed by atoms with E-state index in [-0.39, 0.29) is 0 Å². The van der Waals surface area contributed by atoms with Crippen molar-refractivity contribution in [3.63, 3.8) is 0 Å². The minimum absolute atomic E-state index is 0.885. The standard InChI is InChI=1S/C54H33N3O2/c1-3-13-34(14-4-1)55(35-15-5-2-6-16-35)36-23-25-37(26-24-36)56-45-20-10-7-18-42(45)51-47(56)30-28-40-41-29-31-48-52(54(41)59-53(40)51)43-19-8-11-21-46(43)57(48)38-27-32-50-44(33-38)39-17-9-12-22-49(39)58-50/h1-33H. The summed E-state index contributed by atoms with van der Waals surface area (Å²) in [6, 6.07) is 71.0. The van der Waals surface area contributed by atoms with E-state index in [0.29, 0.717) is 0 Å². The highest BCUT2D eigenvalue weighted by Crippen LogP contribution is 2.45. The first-order chi connectivity index (χ1) is 29.3. The maximum Gasteiger partial charge on any atom is 0.145 e. The summed E-state index contributed by atoms with van der Waals surface area (Å²) in [7, 11) is 0. The molecule has 276 valence electrons. The molecular formula is C54H33N3O2. The number of anilines is 3. The second kappa shape index (κ2) is 12.2. The minimum atomic E-state index is 0.885. The van der Waals surface area contributed by atoms with Crippen LogP contribution in [0.2, 0.25) is 0 Å². The molecule has 0 aliphatic rings. The van der Waals surface area contributed by atoms with Crippen LogP contribution in [0.1, 0.15) is 0 Å². The quantitative estimate of drug-likeness (QED) is 0.176. The third kappa shape index (κ3) is 4.61. The summed E-state index contributed by atoms with van der Waals surface area (Å²) in [5, 5.41) is 8.97. The Hall–Kier alpha value is -8.02. The zero-order valence-corrected chi connectivity index (χ0v) is 31.7. The third-order valence-electron chi connectivity index (χ3n) is 12.1. The van der Waals surface area contributed by atoms with Crippen molar-refractivity contribution >= 4 is 105 Å². The fourth-order valence-corrected chi connectivity index (χ4v) is 9.56. The van der Waals surface area contributed by atoms with Crippen LogP contribution in [-0.2, 0) is 0 Å². The highest BCUT2D eigenvalue weighted by molar-refractivity contribution is 6.29. The molecule has 0 fully saturated rings. The third-order valence-corrected chi connectivity index (χ3v) is 12.1. The summed E-state index contributed by atoms with van der Waals surface area (Å²) in [6.45, 7) is 0. The van der Waals surface area contributed by atoms with E-state index in [0.717, 1.165) is 116 Å². The Kier molecular flexibility index (Phi) is 6.66. The van der Waals surface area contributed by atoms with Crippen LogP contribution in [0, 0.1) is 0 Å². The molecule has 59 heavy (non-hydrogen) atoms. The molecule has 4 heterocycles. The maximum atomic E-state index is 7.21. The van der Waals surface area contributed by atoms with Gasteiger partial charge in [-0.1, -0.05) is 91.0 Å². The highest BCUT2D eigenvalue weighted by Gasteiger charge is 2.23. The van der Waals surface area contributed by atoms with Crippen molar-refractivity contribution < 1.29 is 8.83 Å². The van der Waals surface area contributed by atoms with Gasteiger partial charge in [0, 0.05) is 60.8 Å². The lowest BCUT2D eigenvalue weighted by atomic mass is 10.1. The summed E-state index contributed by atoms with van der Waals surface area (Å²) in [5.41, 5.74) is 13.5. The second-order valence-corrected chi connectivity index (χ2v) is 15.3. The molecule has 0 amide bonds. The van der Waals surface area contributed by atoms with E-state index in [9.17, 15) is 0 Å². The summed E-state index contributed by atoms with van der Waals surface area (Å²) in [5.74, 6) is 0. The van der Waals surface area contributed by atoms with Gasteiger partial charge in [-0.2, -0.15) is 0 Å². The Bertz CT molecular complexity index is 3740. The molecule has 13 aromatic rings. The molecule has 0 N–H and O–H groups in total. The van der Waals surface area contributed by atoms with Crippen molar-refractivity contribution in [1.29, 1.82) is 0 Å². The van der Waals surface area contributed by atoms with Crippen LogP contribution in [0.4, 0.5) is 17.1 Å². The zero-order valence-electron chi connectivity index (χ0n) is 31.7. The fourth-order valence-electron chi connectivity index (χ4n) is 9.56. The van der Waals surface area contributed by atoms with Gasteiger partial charge in [-0.25, -0.2) is 0 Å². The number of rotatable bonds is 5. The SMILES string of the molecule is c1ccc(N(c2ccccc2)c2ccc(-n3c4ccccc4c4c5oc6c(ccc7c6c6ccccc6n7-c6ccc7oc8ccccc8c7c6)c5ccc43)cc2)cc1. The molecule has 4 aromatic heterocycles. The lowest BCUT2D eigenvalue weighted by Crippen LogP contribution is -2.09. The van der Waals surface area contributed by atoms with Gasteiger partial charge in [0.2, 0.25) is 0 Å². The number of nitrogens with zero attached hydrogens (tertiary/aromatic N) is 3. The molecule has 5 heteroatoms. The smallest absolute Gasteiger partial charge is 0.145 e. The average Bonchev–Trinajstić information content (AvgIpc) is 4.05. The molecule has 5 nitrogen and oxygen atoms in total. The second-order valence-electron chi connectivity index (χ2n) is 15.3. The van der Waals surface area contributed by atoms with Gasteiger partial charge < -0.3 is 22.9 Å². The molecule has 0 aliphatic heterocycles. The summed E-state index contributed by atoms with van der Waals surface area (Å²) in [6.07, 6.45) is 0. The van der Waals surface area contributed by atoms with Crippen LogP contribution < -0.4 is 4.90 Å². The monoisotopic (exact) mass is 755 g/mol. The van der Waals surface area contributed by atoms with Crippen LogP contribution in [0.3, 0.4) is 0 Å². The van der Waals surface area contributed by atoms with Crippen molar-refractivity contribution in [2.75, 3.05) is 4.90 Å². The summed E-state index contributed by atoms with van der Waals surface area (Å²) < 4.78 is 18.1. The summed E-state index contributed by atoms with van der Waals surface area (Å²) >= 11 is 0. The van der Waals surface area contributed by atoms with Gasteiger partial charge in [0.1, 0.15) is 22.3 Å². The molecule has 0 bridgehead atoms. The van der Waals surface area contributed by atoms with E-state index in [1.165, 1.54) is 0 Å². The van der Waals surface area contributed by atoms with Gasteiger partial charge in [-0.3, -0.25) is 0 Å². The molecule has 0 aliphatic carbocycles. The van der Waals surface area contributed by atoms with Gasteiger partial charge in [-0.05, 0) is 109 Å². The van der Waals surface area contributed by atoms with Crippen molar-refractivity contribution in [3.8, 4) is 11.4 Å². The average molecular weight is 756 g/mol.